The zero-order chi connectivity index (χ0) is 13.9. The van der Waals surface area contributed by atoms with Crippen molar-refractivity contribution in [3.05, 3.63) is 66.5 Å². The quantitative estimate of drug-likeness (QED) is 0.665. The molecule has 1 heterocycles. The average molecular weight is 262 g/mol. The lowest BCUT2D eigenvalue weighted by Crippen LogP contribution is -2.37. The van der Waals surface area contributed by atoms with Crippen molar-refractivity contribution < 1.29 is 4.57 Å². The van der Waals surface area contributed by atoms with Gasteiger partial charge in [-0.3, -0.25) is 0 Å². The van der Waals surface area contributed by atoms with Crippen molar-refractivity contribution in [3.8, 4) is 22.8 Å². The van der Waals surface area contributed by atoms with Crippen LogP contribution in [0.3, 0.4) is 0 Å². The number of benzene rings is 2. The second-order valence-corrected chi connectivity index (χ2v) is 4.71. The number of aromatic nitrogens is 3. The highest BCUT2D eigenvalue weighted by atomic mass is 15.1. The zero-order valence-electron chi connectivity index (χ0n) is 11.6. The highest BCUT2D eigenvalue weighted by Crippen LogP contribution is 2.18. The lowest BCUT2D eigenvalue weighted by molar-refractivity contribution is -0.672. The van der Waals surface area contributed by atoms with E-state index in [1.54, 1.807) is 0 Å². The van der Waals surface area contributed by atoms with Crippen LogP contribution >= 0.6 is 0 Å². The Balaban J connectivity index is 2.19. The van der Waals surface area contributed by atoms with Crippen LogP contribution in [0.5, 0.6) is 0 Å². The van der Waals surface area contributed by atoms with Gasteiger partial charge < -0.3 is 0 Å². The number of hydrogen-bond acceptors (Lipinski definition) is 2. The molecule has 0 spiro atoms. The van der Waals surface area contributed by atoms with Gasteiger partial charge in [0.05, 0.1) is 18.2 Å². The predicted octanol–water partition coefficient (Wildman–Crippen LogP) is 2.94. The Morgan fingerprint density at radius 2 is 1.30 bits per heavy atom. The molecule has 0 saturated carbocycles. The van der Waals surface area contributed by atoms with Crippen LogP contribution in [0.4, 0.5) is 0 Å². The van der Waals surface area contributed by atoms with Crippen molar-refractivity contribution in [1.82, 2.24) is 9.97 Å². The first kappa shape index (κ1) is 12.5. The fraction of sp³-hybridized carbons (Fsp3) is 0.118. The Morgan fingerprint density at radius 3 is 1.90 bits per heavy atom. The first-order valence-electron chi connectivity index (χ1n) is 6.61. The molecule has 0 atom stereocenters. The van der Waals surface area contributed by atoms with Crippen molar-refractivity contribution in [3.63, 3.8) is 0 Å². The maximum absolute atomic E-state index is 4.73. The van der Waals surface area contributed by atoms with Gasteiger partial charge in [0.25, 0.3) is 5.82 Å². The molecule has 0 unspecified atom stereocenters. The van der Waals surface area contributed by atoms with Crippen LogP contribution in [0.1, 0.15) is 5.82 Å². The fourth-order valence-electron chi connectivity index (χ4n) is 2.14. The minimum absolute atomic E-state index is 0.764. The van der Waals surface area contributed by atoms with Crippen molar-refractivity contribution >= 4 is 0 Å². The first-order chi connectivity index (χ1) is 9.75. The van der Waals surface area contributed by atoms with Gasteiger partial charge in [-0.25, -0.2) is 4.57 Å². The van der Waals surface area contributed by atoms with Crippen molar-refractivity contribution in [1.29, 1.82) is 0 Å². The van der Waals surface area contributed by atoms with E-state index in [4.69, 9.17) is 4.98 Å². The molecule has 0 saturated heterocycles. The Kier molecular flexibility index (Phi) is 3.25. The normalized spacial score (nSPS) is 10.5. The van der Waals surface area contributed by atoms with E-state index < -0.39 is 0 Å². The van der Waals surface area contributed by atoms with Crippen LogP contribution in [-0.4, -0.2) is 9.97 Å². The third-order valence-corrected chi connectivity index (χ3v) is 3.35. The van der Waals surface area contributed by atoms with Gasteiger partial charge in [-0.15, -0.1) is 0 Å². The molecule has 0 N–H and O–H groups in total. The molecule has 3 nitrogen and oxygen atoms in total. The largest absolute Gasteiger partial charge is 0.308 e. The molecule has 0 aliphatic carbocycles. The van der Waals surface area contributed by atoms with Crippen molar-refractivity contribution in [2.24, 2.45) is 7.05 Å². The summed E-state index contributed by atoms with van der Waals surface area (Å²) in [7, 11) is 1.99. The average Bonchev–Trinajstić information content (AvgIpc) is 2.51. The van der Waals surface area contributed by atoms with Gasteiger partial charge in [-0.2, -0.15) is 0 Å². The molecule has 3 heteroatoms. The van der Waals surface area contributed by atoms with Crippen LogP contribution < -0.4 is 4.57 Å². The van der Waals surface area contributed by atoms with E-state index in [-0.39, 0.29) is 0 Å². The summed E-state index contributed by atoms with van der Waals surface area (Å²) in [5.41, 5.74) is 2.13. The summed E-state index contributed by atoms with van der Waals surface area (Å²) in [6.07, 6.45) is 0. The molecular weight excluding hydrogens is 246 g/mol. The summed E-state index contributed by atoms with van der Waals surface area (Å²) in [5.74, 6) is 2.63. The summed E-state index contributed by atoms with van der Waals surface area (Å²) in [5, 5.41) is 0. The van der Waals surface area contributed by atoms with Gasteiger partial charge >= 0.3 is 5.82 Å². The maximum atomic E-state index is 4.73. The molecule has 0 fully saturated rings. The van der Waals surface area contributed by atoms with Gasteiger partial charge in [0.1, 0.15) is 0 Å². The summed E-state index contributed by atoms with van der Waals surface area (Å²) >= 11 is 0. The van der Waals surface area contributed by atoms with Crippen LogP contribution in [-0.2, 0) is 7.05 Å². The summed E-state index contributed by atoms with van der Waals surface area (Å²) < 4.78 is 2.02. The molecule has 2 aromatic carbocycles. The molecule has 0 amide bonds. The Labute approximate surface area is 118 Å². The standard InChI is InChI=1S/C17H16N3/c1-13-18-16(14-9-5-3-6-10-14)19-17(20(13)2)15-11-7-4-8-12-15/h3-12H,1-2H3/q+1. The molecule has 0 radical (unpaired) electrons. The van der Waals surface area contributed by atoms with Crippen LogP contribution in [0.25, 0.3) is 22.8 Å². The van der Waals surface area contributed by atoms with Crippen molar-refractivity contribution in [2.75, 3.05) is 0 Å². The maximum Gasteiger partial charge on any atom is 0.308 e. The second kappa shape index (κ2) is 5.21. The van der Waals surface area contributed by atoms with E-state index in [9.17, 15) is 0 Å². The van der Waals surface area contributed by atoms with Gasteiger partial charge in [0.2, 0.25) is 5.82 Å². The third kappa shape index (κ3) is 2.30. The van der Waals surface area contributed by atoms with E-state index >= 15 is 0 Å². The van der Waals surface area contributed by atoms with E-state index in [0.717, 1.165) is 28.6 Å². The fourth-order valence-corrected chi connectivity index (χ4v) is 2.14. The molecule has 3 rings (SSSR count). The minimum Gasteiger partial charge on any atom is -0.233 e. The first-order valence-corrected chi connectivity index (χ1v) is 6.61. The predicted molar refractivity (Wildman–Crippen MR) is 78.8 cm³/mol. The molecule has 0 aliphatic rings. The topological polar surface area (TPSA) is 29.7 Å². The monoisotopic (exact) mass is 262 g/mol. The summed E-state index contributed by atoms with van der Waals surface area (Å²) in [6, 6.07) is 20.3. The second-order valence-electron chi connectivity index (χ2n) is 4.71. The number of hydrogen-bond donors (Lipinski definition) is 0. The number of nitrogens with zero attached hydrogens (tertiary/aromatic N) is 3. The molecule has 20 heavy (non-hydrogen) atoms. The van der Waals surface area contributed by atoms with Crippen LogP contribution in [0.2, 0.25) is 0 Å². The smallest absolute Gasteiger partial charge is 0.233 e. The molecule has 3 aromatic rings. The van der Waals surface area contributed by atoms with E-state index in [0.29, 0.717) is 0 Å². The van der Waals surface area contributed by atoms with E-state index in [1.165, 1.54) is 0 Å². The lowest BCUT2D eigenvalue weighted by Gasteiger charge is -2.04. The molecular formula is C17H16N3+. The van der Waals surface area contributed by atoms with Gasteiger partial charge in [-0.05, 0) is 24.3 Å². The van der Waals surface area contributed by atoms with E-state index in [2.05, 4.69) is 17.1 Å². The molecule has 1 aromatic heterocycles. The highest BCUT2D eigenvalue weighted by Gasteiger charge is 2.19. The Bertz CT molecular complexity index is 722. The third-order valence-electron chi connectivity index (χ3n) is 3.35. The lowest BCUT2D eigenvalue weighted by atomic mass is 10.2. The summed E-state index contributed by atoms with van der Waals surface area (Å²) in [4.78, 5) is 9.31. The van der Waals surface area contributed by atoms with Crippen LogP contribution in [0.15, 0.2) is 60.7 Å². The Morgan fingerprint density at radius 1 is 0.750 bits per heavy atom. The number of rotatable bonds is 2. The number of aryl methyl sites for hydroxylation is 1. The van der Waals surface area contributed by atoms with Gasteiger partial charge in [0.15, 0.2) is 0 Å². The summed E-state index contributed by atoms with van der Waals surface area (Å²) in [6.45, 7) is 2.00. The zero-order valence-corrected chi connectivity index (χ0v) is 11.6. The molecule has 0 bridgehead atoms. The molecule has 0 aliphatic heterocycles. The molecule has 98 valence electrons. The highest BCUT2D eigenvalue weighted by molar-refractivity contribution is 5.58. The minimum atomic E-state index is 0.764. The van der Waals surface area contributed by atoms with E-state index in [1.807, 2.05) is 67.1 Å². The van der Waals surface area contributed by atoms with Crippen molar-refractivity contribution in [2.45, 2.75) is 6.92 Å². The van der Waals surface area contributed by atoms with Gasteiger partial charge in [-0.1, -0.05) is 46.4 Å². The van der Waals surface area contributed by atoms with Gasteiger partial charge in [0, 0.05) is 6.92 Å². The Hall–Kier alpha value is -2.55. The van der Waals surface area contributed by atoms with Crippen LogP contribution in [0, 0.1) is 6.92 Å². The SMILES string of the molecule is Cc1nc(-c2ccccc2)nc(-c2ccccc2)[n+]1C.